The van der Waals surface area contributed by atoms with Gasteiger partial charge < -0.3 is 95.0 Å². The molecule has 3 saturated carbocycles. The third-order valence-electron chi connectivity index (χ3n) is 17.0. The Bertz CT molecular complexity index is 4780. The standard InChI is InChI=1S/C25H33N9O4.C25H31N9O3.C20H25N9O2.C2HF3O.CH2O3.2K.H/c1-25(2,3)38-24(36)31-18-11-6-5-10-17(18)30-23-32-21(19(20(26)35)22(33-23)37-4)29-15-8-7-9-16(14-15)34-27-12-13-28-34;1-25(2,3)37-24(35)31-20-11-6-5-10-19(20)30-23-32-21(18(15-26)22(33-23)36-4)29-16-8-7-9-17(14-16)34-27-12-13-28-34;1-31-19-16(17(22)30)18(27-20(28-19)26-15-8-3-2-7-14(15)21)25-12-5-4-6-13(11-12)29-23-9-10-24-29;3-2(4,5)1-6;2-1-4-3;;;/h7-9,12-14,17-18H,5-6,10-11H2,1-4H3,(H2,26,35)(H,31,36)(H2,29,30,32,33);7-9,12-14,19-20H,5-6,10-11H2,1-4H3,(H,31,35)(H2,29,30,32,33);4-6,9-11,14-15H,2-3,7-8,21H2,1H3,(H2,22,30)(H2,25,26,27,28);1H;1,3H;;;/q;;;;;2*+1;-1/p-1/t17-,18+;19-,20+;14-,15+;;;;;/m110...../s1. The van der Waals surface area contributed by atoms with Gasteiger partial charge in [-0.15, -0.1) is 0 Å². The summed E-state index contributed by atoms with van der Waals surface area (Å²) in [7, 11) is 4.28. The number of anilines is 9. The fourth-order valence-electron chi connectivity index (χ4n) is 12.1. The number of methoxy groups -OCH3 is 3. The number of halogens is 3. The molecule has 6 heterocycles. The number of amides is 4. The molecule has 6 atom stereocenters. The van der Waals surface area contributed by atoms with Crippen molar-refractivity contribution in [3.8, 4) is 40.8 Å². The molecular weight excluding hydrogens is 1600 g/mol. The van der Waals surface area contributed by atoms with Crippen LogP contribution in [0, 0.1) is 11.3 Å². The van der Waals surface area contributed by atoms with Gasteiger partial charge in [-0.05, 0) is 135 Å². The molecule has 45 heteroatoms. The SMILES string of the molecule is COc1nc(N[C@@H]2CCCC[C@@H]2N)nc(Nc2cccc(-n3nccn3)c2)c1C(N)=O.COc1nc(N[C@@H]2CCCC[C@@H]2NC(=O)OC(C)(C)C)nc(Nc2cccc(-n3nccn3)c2)c1C#N.COc1nc(N[C@@H]2CCCC[C@@H]2NC(=O)OC(C)(C)C)nc(Nc2cccc(-n3nccn3)c2)c1C(N)=O.O=CC(F)(F)F.O=CO[O-].[H-].[K+].[K+]. The zero-order valence-electron chi connectivity index (χ0n) is 67.8. The van der Waals surface area contributed by atoms with Crippen LogP contribution in [0.1, 0.15) is 146 Å². The van der Waals surface area contributed by atoms with Crippen molar-refractivity contribution in [3.63, 3.8) is 0 Å². The molecule has 14 N–H and O–H groups in total. The van der Waals surface area contributed by atoms with E-state index in [2.05, 4.69) is 114 Å². The van der Waals surface area contributed by atoms with E-state index in [1.165, 1.54) is 35.7 Å². The number of primary amides is 2. The van der Waals surface area contributed by atoms with Crippen LogP contribution < -0.4 is 182 Å². The summed E-state index contributed by atoms with van der Waals surface area (Å²) in [6.45, 7) is 10.8. The van der Waals surface area contributed by atoms with E-state index in [4.69, 9.17) is 55.7 Å². The van der Waals surface area contributed by atoms with Crippen LogP contribution in [0.5, 0.6) is 17.6 Å². The number of nitrogens with one attached hydrogen (secondary N) is 8. The van der Waals surface area contributed by atoms with Gasteiger partial charge in [0.1, 0.15) is 28.4 Å². The largest absolute Gasteiger partial charge is 1.00 e. The average molecular weight is 1690 g/mol. The molecule has 0 aliphatic heterocycles. The first kappa shape index (κ1) is 96.5. The van der Waals surface area contributed by atoms with Gasteiger partial charge in [0.05, 0.1) is 87.7 Å². The number of ether oxygens (including phenoxy) is 5. The van der Waals surface area contributed by atoms with Gasteiger partial charge in [0, 0.05) is 41.2 Å². The number of rotatable bonds is 23. The summed E-state index contributed by atoms with van der Waals surface area (Å²) in [5.41, 5.74) is 20.7. The minimum absolute atomic E-state index is 0. The molecule has 3 aromatic carbocycles. The van der Waals surface area contributed by atoms with Gasteiger partial charge in [0.2, 0.25) is 41.8 Å². The predicted octanol–water partition coefficient (Wildman–Crippen LogP) is 1.98. The number of alkyl carbamates (subject to hydrolysis) is 2. The van der Waals surface area contributed by atoms with Crippen LogP contribution in [0.3, 0.4) is 0 Å². The smallest absolute Gasteiger partial charge is 1.00 e. The quantitative estimate of drug-likeness (QED) is 0.0189. The Balaban J connectivity index is 0.000000297. The zero-order chi connectivity index (χ0) is 84.1. The van der Waals surface area contributed by atoms with Gasteiger partial charge in [0.15, 0.2) is 23.0 Å². The first-order chi connectivity index (χ1) is 55.4. The van der Waals surface area contributed by atoms with E-state index in [0.29, 0.717) is 28.7 Å². The van der Waals surface area contributed by atoms with Crippen molar-refractivity contribution in [2.24, 2.45) is 17.2 Å². The van der Waals surface area contributed by atoms with E-state index in [1.807, 2.05) is 102 Å². The number of carbonyl (C=O) groups is 6. The molecule has 4 amide bonds. The van der Waals surface area contributed by atoms with Crippen LogP contribution in [-0.2, 0) is 24.0 Å². The summed E-state index contributed by atoms with van der Waals surface area (Å²) in [6, 6.07) is 23.5. The number of carbonyl (C=O) groups excluding carboxylic acids is 6. The molecule has 40 nitrogen and oxygen atoms in total. The number of aldehydes is 1. The normalized spacial score (nSPS) is 16.6. The van der Waals surface area contributed by atoms with Gasteiger partial charge in [-0.2, -0.15) is 93.3 Å². The minimum atomic E-state index is -4.64. The van der Waals surface area contributed by atoms with E-state index in [9.17, 15) is 37.6 Å². The maximum absolute atomic E-state index is 12.4. The fourth-order valence-corrected chi connectivity index (χ4v) is 12.1. The Hall–Kier alpha value is -10.4. The summed E-state index contributed by atoms with van der Waals surface area (Å²) in [5.74, 6) is 0.311. The molecule has 12 rings (SSSR count). The van der Waals surface area contributed by atoms with Gasteiger partial charge in [0.25, 0.3) is 18.3 Å². The molecule has 0 bridgehead atoms. The first-order valence-electron chi connectivity index (χ1n) is 36.3. The number of nitriles is 1. The summed E-state index contributed by atoms with van der Waals surface area (Å²) in [5, 5.41) is 68.5. The van der Waals surface area contributed by atoms with E-state index >= 15 is 0 Å². The summed E-state index contributed by atoms with van der Waals surface area (Å²) >= 11 is 0. The number of nitrogens with two attached hydrogens (primary N) is 3. The van der Waals surface area contributed by atoms with Crippen LogP contribution in [0.4, 0.5) is 75.1 Å². The molecule has 620 valence electrons. The second kappa shape index (κ2) is 46.7. The van der Waals surface area contributed by atoms with Crippen LogP contribution in [0.15, 0.2) is 110 Å². The van der Waals surface area contributed by atoms with E-state index in [-0.39, 0.29) is 211 Å². The molecule has 0 unspecified atom stereocenters. The van der Waals surface area contributed by atoms with Crippen molar-refractivity contribution in [1.82, 2.24) is 85.5 Å². The maximum atomic E-state index is 12.4. The zero-order valence-corrected chi connectivity index (χ0v) is 73.1. The number of hydrogen-bond donors (Lipinski definition) is 11. The molecule has 9 aromatic rings. The monoisotopic (exact) mass is 1690 g/mol. The molecule has 118 heavy (non-hydrogen) atoms. The van der Waals surface area contributed by atoms with Crippen molar-refractivity contribution in [1.29, 1.82) is 5.26 Å². The number of alkyl halides is 3. The molecule has 0 spiro atoms. The molecule has 3 aliphatic carbocycles. The third-order valence-corrected chi connectivity index (χ3v) is 17.0. The summed E-state index contributed by atoms with van der Waals surface area (Å²) < 4.78 is 58.3. The van der Waals surface area contributed by atoms with Crippen molar-refractivity contribution >= 4 is 89.1 Å². The van der Waals surface area contributed by atoms with Crippen molar-refractivity contribution < 1.29 is 180 Å². The molecule has 3 aliphatic rings. The van der Waals surface area contributed by atoms with Crippen LogP contribution in [0.25, 0.3) is 17.1 Å². The number of benzene rings is 3. The van der Waals surface area contributed by atoms with E-state index < -0.39 is 47.7 Å². The van der Waals surface area contributed by atoms with Gasteiger partial charge in [-0.25, -0.2) is 9.59 Å². The van der Waals surface area contributed by atoms with Crippen LogP contribution >= 0.6 is 0 Å². The predicted molar refractivity (Wildman–Crippen MR) is 414 cm³/mol. The Kier molecular flexibility index (Phi) is 38.2. The van der Waals surface area contributed by atoms with E-state index in [1.54, 1.807) is 49.3 Å². The Morgan fingerprint density at radius 1 is 0.508 bits per heavy atom. The summed E-state index contributed by atoms with van der Waals surface area (Å²) in [6.07, 6.45) is 14.0. The van der Waals surface area contributed by atoms with Crippen molar-refractivity contribution in [2.75, 3.05) is 53.2 Å². The fraction of sp³-hybridized carbons (Fsp3) is 0.411. The van der Waals surface area contributed by atoms with Crippen LogP contribution in [0.2, 0.25) is 0 Å². The van der Waals surface area contributed by atoms with Gasteiger partial charge in [-0.3, -0.25) is 19.2 Å². The van der Waals surface area contributed by atoms with E-state index in [0.717, 1.165) is 88.4 Å². The summed E-state index contributed by atoms with van der Waals surface area (Å²) in [4.78, 5) is 101. The Morgan fingerprint density at radius 2 is 0.814 bits per heavy atom. The number of hydrogen-bond acceptors (Lipinski definition) is 33. The minimum Gasteiger partial charge on any atom is -1.00 e. The van der Waals surface area contributed by atoms with Crippen molar-refractivity contribution in [2.45, 2.75) is 172 Å². The van der Waals surface area contributed by atoms with Gasteiger partial charge in [-0.1, -0.05) is 56.7 Å². The molecule has 0 saturated heterocycles. The van der Waals surface area contributed by atoms with Crippen LogP contribution in [-0.4, -0.2) is 187 Å². The number of nitrogens with zero attached hydrogens (tertiary/aromatic N) is 16. The first-order valence-corrected chi connectivity index (χ1v) is 36.3. The van der Waals surface area contributed by atoms with Crippen molar-refractivity contribution in [3.05, 3.63) is 127 Å². The Morgan fingerprint density at radius 3 is 1.12 bits per heavy atom. The topological polar surface area (TPSA) is 548 Å². The average Bonchev–Trinajstić information content (AvgIpc) is 1.60. The molecule has 3 fully saturated rings. The van der Waals surface area contributed by atoms with Gasteiger partial charge >= 0.3 is 121 Å². The second-order valence-corrected chi connectivity index (χ2v) is 27.8. The third kappa shape index (κ3) is 30.2. The second-order valence-electron chi connectivity index (χ2n) is 27.8. The molecular formula is C73H92F3K2N27O13. The number of aromatic nitrogens is 15. The molecule has 6 aromatic heterocycles. The Labute approximate surface area is 762 Å². The molecule has 0 radical (unpaired) electrons. The maximum Gasteiger partial charge on any atom is 1.00 e.